The lowest BCUT2D eigenvalue weighted by Gasteiger charge is -2.08. The summed E-state index contributed by atoms with van der Waals surface area (Å²) < 4.78 is 5.22. The van der Waals surface area contributed by atoms with Crippen LogP contribution in [0.4, 0.5) is 5.69 Å². The first-order valence-electron chi connectivity index (χ1n) is 5.73. The first-order chi connectivity index (χ1) is 8.38. The molecule has 0 bridgehead atoms. The molecule has 0 saturated carbocycles. The summed E-state index contributed by atoms with van der Waals surface area (Å²) >= 11 is 0. The molecule has 1 aliphatic rings. The molecule has 3 nitrogen and oxygen atoms in total. The average Bonchev–Trinajstić information content (AvgIpc) is 2.87. The van der Waals surface area contributed by atoms with Crippen LogP contribution in [0.25, 0.3) is 11.1 Å². The number of methoxy groups -OCH3 is 1. The SMILES string of the molecule is COc1cncc(-c2cccc3c2CCN3)c1. The van der Waals surface area contributed by atoms with Gasteiger partial charge in [0.2, 0.25) is 0 Å². The van der Waals surface area contributed by atoms with Gasteiger partial charge in [0, 0.05) is 24.0 Å². The summed E-state index contributed by atoms with van der Waals surface area (Å²) in [6, 6.07) is 8.37. The molecule has 0 fully saturated rings. The van der Waals surface area contributed by atoms with Gasteiger partial charge >= 0.3 is 0 Å². The van der Waals surface area contributed by atoms with Gasteiger partial charge in [0.1, 0.15) is 5.75 Å². The van der Waals surface area contributed by atoms with Crippen molar-refractivity contribution in [2.24, 2.45) is 0 Å². The molecule has 1 aromatic carbocycles. The fourth-order valence-corrected chi connectivity index (χ4v) is 2.29. The number of rotatable bonds is 2. The number of hydrogen-bond donors (Lipinski definition) is 1. The highest BCUT2D eigenvalue weighted by Gasteiger charge is 2.15. The van der Waals surface area contributed by atoms with Crippen molar-refractivity contribution >= 4 is 5.69 Å². The van der Waals surface area contributed by atoms with E-state index in [1.54, 1.807) is 13.3 Å². The zero-order chi connectivity index (χ0) is 11.7. The van der Waals surface area contributed by atoms with Gasteiger partial charge in [-0.2, -0.15) is 0 Å². The maximum absolute atomic E-state index is 5.22. The van der Waals surface area contributed by atoms with Crippen molar-refractivity contribution in [2.75, 3.05) is 19.0 Å². The third kappa shape index (κ3) is 1.73. The molecule has 86 valence electrons. The Kier molecular flexibility index (Phi) is 2.44. The largest absolute Gasteiger partial charge is 0.495 e. The van der Waals surface area contributed by atoms with Crippen molar-refractivity contribution in [3.05, 3.63) is 42.2 Å². The van der Waals surface area contributed by atoms with E-state index >= 15 is 0 Å². The van der Waals surface area contributed by atoms with Crippen LogP contribution < -0.4 is 10.1 Å². The number of pyridine rings is 1. The van der Waals surface area contributed by atoms with E-state index in [1.807, 2.05) is 12.3 Å². The first-order valence-corrected chi connectivity index (χ1v) is 5.73. The zero-order valence-electron chi connectivity index (χ0n) is 9.73. The van der Waals surface area contributed by atoms with E-state index in [0.29, 0.717) is 0 Å². The van der Waals surface area contributed by atoms with Gasteiger partial charge in [-0.1, -0.05) is 12.1 Å². The lowest BCUT2D eigenvalue weighted by Crippen LogP contribution is -1.90. The number of nitrogens with one attached hydrogen (secondary N) is 1. The minimum Gasteiger partial charge on any atom is -0.495 e. The number of anilines is 1. The van der Waals surface area contributed by atoms with E-state index in [2.05, 4.69) is 28.5 Å². The maximum atomic E-state index is 5.22. The van der Waals surface area contributed by atoms with Gasteiger partial charge in [-0.15, -0.1) is 0 Å². The Morgan fingerprint density at radius 3 is 3.12 bits per heavy atom. The summed E-state index contributed by atoms with van der Waals surface area (Å²) in [7, 11) is 1.66. The number of hydrogen-bond acceptors (Lipinski definition) is 3. The van der Waals surface area contributed by atoms with Gasteiger partial charge < -0.3 is 10.1 Å². The zero-order valence-corrected chi connectivity index (χ0v) is 9.73. The Balaban J connectivity index is 2.12. The third-order valence-electron chi connectivity index (χ3n) is 3.13. The molecule has 2 aromatic rings. The Hall–Kier alpha value is -2.03. The molecule has 0 unspecified atom stereocenters. The normalized spacial score (nSPS) is 13.0. The van der Waals surface area contributed by atoms with Crippen molar-refractivity contribution in [1.29, 1.82) is 0 Å². The summed E-state index contributed by atoms with van der Waals surface area (Å²) in [6.07, 6.45) is 4.68. The monoisotopic (exact) mass is 226 g/mol. The van der Waals surface area contributed by atoms with Gasteiger partial charge in [0.05, 0.1) is 13.3 Å². The van der Waals surface area contributed by atoms with Crippen molar-refractivity contribution < 1.29 is 4.74 Å². The van der Waals surface area contributed by atoms with Crippen LogP contribution in [-0.4, -0.2) is 18.6 Å². The van der Waals surface area contributed by atoms with Crippen LogP contribution in [-0.2, 0) is 6.42 Å². The van der Waals surface area contributed by atoms with E-state index in [-0.39, 0.29) is 0 Å². The molecule has 0 saturated heterocycles. The number of benzene rings is 1. The molecule has 0 spiro atoms. The van der Waals surface area contributed by atoms with Crippen LogP contribution in [0.5, 0.6) is 5.75 Å². The standard InChI is InChI=1S/C14H14N2O/c1-17-11-7-10(8-15-9-11)12-3-2-4-14-13(12)5-6-16-14/h2-4,7-9,16H,5-6H2,1H3. The predicted molar refractivity (Wildman–Crippen MR) is 68.4 cm³/mol. The lowest BCUT2D eigenvalue weighted by atomic mass is 9.99. The lowest BCUT2D eigenvalue weighted by molar-refractivity contribution is 0.413. The molecule has 2 heterocycles. The van der Waals surface area contributed by atoms with Crippen molar-refractivity contribution in [1.82, 2.24) is 4.98 Å². The Morgan fingerprint density at radius 2 is 2.24 bits per heavy atom. The molecule has 1 aliphatic heterocycles. The second-order valence-electron chi connectivity index (χ2n) is 4.12. The average molecular weight is 226 g/mol. The number of ether oxygens (including phenoxy) is 1. The highest BCUT2D eigenvalue weighted by Crippen LogP contribution is 2.33. The molecule has 0 amide bonds. The van der Waals surface area contributed by atoms with E-state index in [4.69, 9.17) is 4.74 Å². The van der Waals surface area contributed by atoms with Gasteiger partial charge in [-0.05, 0) is 29.7 Å². The van der Waals surface area contributed by atoms with Crippen molar-refractivity contribution in [2.45, 2.75) is 6.42 Å². The quantitative estimate of drug-likeness (QED) is 0.855. The molecule has 1 N–H and O–H groups in total. The Labute approximate surface area is 100 Å². The molecule has 3 heteroatoms. The fraction of sp³-hybridized carbons (Fsp3) is 0.214. The van der Waals surface area contributed by atoms with E-state index < -0.39 is 0 Å². The van der Waals surface area contributed by atoms with Crippen LogP contribution in [0.1, 0.15) is 5.56 Å². The Bertz CT molecular complexity index is 552. The number of fused-ring (bicyclic) bond motifs is 1. The molecule has 17 heavy (non-hydrogen) atoms. The van der Waals surface area contributed by atoms with E-state index in [1.165, 1.54) is 16.8 Å². The molecule has 0 radical (unpaired) electrons. The summed E-state index contributed by atoms with van der Waals surface area (Å²) in [5, 5.41) is 3.39. The van der Waals surface area contributed by atoms with Gasteiger partial charge in [-0.25, -0.2) is 0 Å². The highest BCUT2D eigenvalue weighted by molar-refractivity contribution is 5.75. The number of nitrogens with zero attached hydrogens (tertiary/aromatic N) is 1. The van der Waals surface area contributed by atoms with Crippen LogP contribution in [0.15, 0.2) is 36.7 Å². The van der Waals surface area contributed by atoms with Crippen LogP contribution in [0, 0.1) is 0 Å². The van der Waals surface area contributed by atoms with Crippen molar-refractivity contribution in [3.8, 4) is 16.9 Å². The third-order valence-corrected chi connectivity index (χ3v) is 3.13. The van der Waals surface area contributed by atoms with Crippen LogP contribution in [0.3, 0.4) is 0 Å². The predicted octanol–water partition coefficient (Wildman–Crippen LogP) is 2.73. The van der Waals surface area contributed by atoms with Crippen LogP contribution in [0.2, 0.25) is 0 Å². The van der Waals surface area contributed by atoms with Crippen LogP contribution >= 0.6 is 0 Å². The smallest absolute Gasteiger partial charge is 0.137 e. The topological polar surface area (TPSA) is 34.1 Å². The van der Waals surface area contributed by atoms with E-state index in [9.17, 15) is 0 Å². The van der Waals surface area contributed by atoms with Crippen molar-refractivity contribution in [3.63, 3.8) is 0 Å². The van der Waals surface area contributed by atoms with E-state index in [0.717, 1.165) is 24.3 Å². The molecular formula is C14H14N2O. The van der Waals surface area contributed by atoms with Gasteiger partial charge in [0.15, 0.2) is 0 Å². The molecule has 3 rings (SSSR count). The molecular weight excluding hydrogens is 212 g/mol. The Morgan fingerprint density at radius 1 is 1.29 bits per heavy atom. The highest BCUT2D eigenvalue weighted by atomic mass is 16.5. The second-order valence-corrected chi connectivity index (χ2v) is 4.12. The molecule has 1 aromatic heterocycles. The fourth-order valence-electron chi connectivity index (χ4n) is 2.29. The minimum absolute atomic E-state index is 0.797. The minimum atomic E-state index is 0.797. The second kappa shape index (κ2) is 4.09. The summed E-state index contributed by atoms with van der Waals surface area (Å²) in [5.74, 6) is 0.797. The number of aromatic nitrogens is 1. The molecule has 0 atom stereocenters. The van der Waals surface area contributed by atoms with Gasteiger partial charge in [0.25, 0.3) is 0 Å². The van der Waals surface area contributed by atoms with Gasteiger partial charge in [-0.3, -0.25) is 4.98 Å². The first kappa shape index (κ1) is 10.1. The summed E-state index contributed by atoms with van der Waals surface area (Å²) in [6.45, 7) is 1.02. The summed E-state index contributed by atoms with van der Waals surface area (Å²) in [4.78, 5) is 4.21. The summed E-state index contributed by atoms with van der Waals surface area (Å²) in [5.41, 5.74) is 4.98. The maximum Gasteiger partial charge on any atom is 0.137 e. The molecule has 0 aliphatic carbocycles.